The molecule has 0 aliphatic carbocycles. The van der Waals surface area contributed by atoms with Crippen LogP contribution in [-0.4, -0.2) is 46.3 Å². The lowest BCUT2D eigenvalue weighted by Crippen LogP contribution is -2.72. The van der Waals surface area contributed by atoms with Gasteiger partial charge in [-0.15, -0.1) is 0 Å². The molecule has 17 rings (SSSR count). The van der Waals surface area contributed by atoms with Gasteiger partial charge < -0.3 is 29.4 Å². The van der Waals surface area contributed by atoms with E-state index in [0.29, 0.717) is 0 Å². The molecule has 0 N–H and O–H groups in total. The molecule has 0 atom stereocenters. The molecule has 0 radical (unpaired) electrons. The number of hydrogen-bond donors (Lipinski definition) is 0. The van der Waals surface area contributed by atoms with Crippen LogP contribution in [-0.2, 0) is 0 Å². The van der Waals surface area contributed by atoms with Crippen LogP contribution in [0.25, 0.3) is 0 Å². The van der Waals surface area contributed by atoms with Crippen LogP contribution in [0.2, 0.25) is 0 Å². The molecule has 0 aromatic heterocycles. The van der Waals surface area contributed by atoms with Crippen molar-refractivity contribution in [1.29, 1.82) is 0 Å². The van der Waals surface area contributed by atoms with Crippen molar-refractivity contribution in [3.8, 4) is 0 Å². The van der Waals surface area contributed by atoms with Crippen molar-refractivity contribution in [3.05, 3.63) is 187 Å². The highest BCUT2D eigenvalue weighted by Crippen LogP contribution is 2.52. The van der Waals surface area contributed by atoms with Gasteiger partial charge in [0.1, 0.15) is 0 Å². The Morgan fingerprint density at radius 3 is 1.09 bits per heavy atom. The summed E-state index contributed by atoms with van der Waals surface area (Å²) < 4.78 is 0. The van der Waals surface area contributed by atoms with Gasteiger partial charge in [-0.3, -0.25) is 0 Å². The first-order valence-corrected chi connectivity index (χ1v) is 27.8. The number of fused-ring (bicyclic) bond motifs is 14. The molecule has 0 unspecified atom stereocenters. The number of benzene rings is 9. The average molecular weight is 965 g/mol. The highest BCUT2D eigenvalue weighted by molar-refractivity contribution is 7.07. The van der Waals surface area contributed by atoms with Gasteiger partial charge in [0.15, 0.2) is 0 Å². The zero-order valence-electron chi connectivity index (χ0n) is 42.7. The van der Waals surface area contributed by atoms with Crippen molar-refractivity contribution in [3.63, 3.8) is 0 Å². The number of piperidine rings is 2. The first-order chi connectivity index (χ1) is 37.1. The predicted molar refractivity (Wildman–Crippen MR) is 321 cm³/mol. The summed E-state index contributed by atoms with van der Waals surface area (Å²) in [5.74, 6) is 0. The molecule has 2 saturated heterocycles. The maximum absolute atomic E-state index is 2.78. The van der Waals surface area contributed by atoms with E-state index in [-0.39, 0.29) is 20.1 Å². The molecule has 0 bridgehead atoms. The van der Waals surface area contributed by atoms with E-state index in [9.17, 15) is 0 Å². The Balaban J connectivity index is 1.03. The lowest BCUT2D eigenvalue weighted by molar-refractivity contribution is 0.578. The zero-order valence-corrected chi connectivity index (χ0v) is 42.7. The molecule has 9 aromatic carbocycles. The molecule has 9 heteroatoms. The van der Waals surface area contributed by atoms with Crippen LogP contribution in [0.4, 0.5) is 79.6 Å². The summed E-state index contributed by atoms with van der Waals surface area (Å²) in [5.41, 5.74) is 33.3. The second-order valence-electron chi connectivity index (χ2n) is 22.6. The number of aryl methyl sites for hydroxylation is 2. The van der Waals surface area contributed by atoms with Crippen LogP contribution in [0.3, 0.4) is 0 Å². The van der Waals surface area contributed by atoms with E-state index < -0.39 is 0 Å². The first kappa shape index (κ1) is 42.3. The highest BCUT2D eigenvalue weighted by Gasteiger charge is 2.55. The van der Waals surface area contributed by atoms with Gasteiger partial charge in [0.25, 0.3) is 20.1 Å². The third kappa shape index (κ3) is 5.79. The summed E-state index contributed by atoms with van der Waals surface area (Å²) in [7, 11) is 0. The second kappa shape index (κ2) is 15.8. The van der Waals surface area contributed by atoms with Crippen molar-refractivity contribution in [1.82, 2.24) is 0 Å². The molecule has 6 nitrogen and oxygen atoms in total. The van der Waals surface area contributed by atoms with E-state index in [4.69, 9.17) is 0 Å². The second-order valence-corrected chi connectivity index (χ2v) is 22.6. The Bertz CT molecular complexity index is 3660. The van der Waals surface area contributed by atoms with Crippen molar-refractivity contribution >= 4 is 149 Å². The summed E-state index contributed by atoms with van der Waals surface area (Å²) in [5, 5.41) is 0. The van der Waals surface area contributed by atoms with E-state index in [1.54, 1.807) is 0 Å². The van der Waals surface area contributed by atoms with Crippen LogP contribution < -0.4 is 78.6 Å². The Hall–Kier alpha value is -8.03. The van der Waals surface area contributed by atoms with Crippen LogP contribution in [0.5, 0.6) is 0 Å². The zero-order chi connectivity index (χ0) is 49.2. The fourth-order valence-electron chi connectivity index (χ4n) is 15.4. The molecular formula is C66H55B3N6. The van der Waals surface area contributed by atoms with Gasteiger partial charge >= 0.3 is 0 Å². The number of para-hydroxylation sites is 4. The maximum Gasteiger partial charge on any atom is 0.252 e. The molecule has 8 aliphatic rings. The Morgan fingerprint density at radius 2 is 0.653 bits per heavy atom. The van der Waals surface area contributed by atoms with E-state index in [0.717, 1.165) is 26.2 Å². The maximum atomic E-state index is 2.78. The topological polar surface area (TPSA) is 19.4 Å². The molecular weight excluding hydrogens is 909 g/mol. The van der Waals surface area contributed by atoms with Gasteiger partial charge in [-0.05, 0) is 185 Å². The summed E-state index contributed by atoms with van der Waals surface area (Å²) in [6, 6.07) is 68.9. The van der Waals surface area contributed by atoms with Crippen LogP contribution in [0.15, 0.2) is 176 Å². The lowest BCUT2D eigenvalue weighted by Gasteiger charge is -2.53. The number of nitrogens with zero attached hydrogens (tertiary/aromatic N) is 6. The fraction of sp³-hybridized carbons (Fsp3) is 0.182. The number of anilines is 14. The SMILES string of the molecule is Cc1ccc2c(c1)N1c3cc(N4CCCCC4)cc4c3B(c3ccccc3N4c3ccccc3)c3cc4c5c(c31)B2c1ccc(C)cc1N5c1cc(N2CCCCC2)cc2c1B4c1ccccc1N2c1ccccc1. The van der Waals surface area contributed by atoms with Crippen molar-refractivity contribution in [2.24, 2.45) is 0 Å². The summed E-state index contributed by atoms with van der Waals surface area (Å²) in [4.78, 5) is 16.1. The quantitative estimate of drug-likeness (QED) is 0.163. The summed E-state index contributed by atoms with van der Waals surface area (Å²) in [6.07, 6.45) is 7.46. The van der Waals surface area contributed by atoms with Gasteiger partial charge in [-0.1, -0.05) is 103 Å². The van der Waals surface area contributed by atoms with Gasteiger partial charge in [0.05, 0.1) is 0 Å². The van der Waals surface area contributed by atoms with Gasteiger partial charge in [0, 0.05) is 106 Å². The Morgan fingerprint density at radius 1 is 0.280 bits per heavy atom. The van der Waals surface area contributed by atoms with Gasteiger partial charge in [0.2, 0.25) is 0 Å². The lowest BCUT2D eigenvalue weighted by atomic mass is 9.25. The fourth-order valence-corrected chi connectivity index (χ4v) is 15.4. The molecule has 75 heavy (non-hydrogen) atoms. The van der Waals surface area contributed by atoms with Crippen molar-refractivity contribution in [2.75, 3.05) is 55.6 Å². The Labute approximate surface area is 441 Å². The third-order valence-corrected chi connectivity index (χ3v) is 18.4. The molecule has 358 valence electrons. The van der Waals surface area contributed by atoms with Crippen LogP contribution >= 0.6 is 0 Å². The Kier molecular flexibility index (Phi) is 8.89. The molecule has 2 fully saturated rings. The average Bonchev–Trinajstić information content (AvgIpc) is 3.51. The van der Waals surface area contributed by atoms with Crippen LogP contribution in [0, 0.1) is 13.8 Å². The minimum Gasteiger partial charge on any atom is -0.371 e. The smallest absolute Gasteiger partial charge is 0.252 e. The van der Waals surface area contributed by atoms with E-state index in [2.05, 4.69) is 219 Å². The van der Waals surface area contributed by atoms with Crippen LogP contribution in [0.1, 0.15) is 49.7 Å². The minimum atomic E-state index is -0.00348. The summed E-state index contributed by atoms with van der Waals surface area (Å²) >= 11 is 0. The van der Waals surface area contributed by atoms with E-state index in [1.807, 2.05) is 0 Å². The monoisotopic (exact) mass is 964 g/mol. The molecule has 8 heterocycles. The molecule has 0 spiro atoms. The minimum absolute atomic E-state index is 0.00348. The van der Waals surface area contributed by atoms with E-state index in [1.165, 1.54) is 178 Å². The number of rotatable bonds is 4. The molecule has 8 aliphatic heterocycles. The van der Waals surface area contributed by atoms with Crippen molar-refractivity contribution < 1.29 is 0 Å². The first-order valence-electron chi connectivity index (χ1n) is 27.8. The number of hydrogen-bond acceptors (Lipinski definition) is 6. The van der Waals surface area contributed by atoms with Crippen molar-refractivity contribution in [2.45, 2.75) is 52.4 Å². The molecule has 0 saturated carbocycles. The standard InChI is InChI=1S/C66H55B3N6/c1-42-27-29-50-56(35-42)74-60-39-46(70-31-15-5-16-32-70)37-58-62(60)68(48-23-11-13-25-54(48)72(58)44-19-7-3-8-20-44)52-41-53-66-64(65(52)74)67(50)51-30-28-43(2)36-57(51)75(66)61-40-47(71-33-17-6-18-34-71)38-59-63(61)69(53)49-24-12-14-26-55(49)73(59)45-21-9-4-10-22-45/h3-4,7-14,19-30,35-41H,5-6,15-18,31-34H2,1-2H3. The highest BCUT2D eigenvalue weighted by atomic mass is 15.2. The largest absolute Gasteiger partial charge is 0.371 e. The van der Waals surface area contributed by atoms with Gasteiger partial charge in [-0.25, -0.2) is 0 Å². The molecule has 0 amide bonds. The summed E-state index contributed by atoms with van der Waals surface area (Å²) in [6.45, 7) is 8.91. The van der Waals surface area contributed by atoms with Gasteiger partial charge in [-0.2, -0.15) is 0 Å². The third-order valence-electron chi connectivity index (χ3n) is 18.4. The van der Waals surface area contributed by atoms with E-state index >= 15 is 0 Å². The molecule has 9 aromatic rings. The normalized spacial score (nSPS) is 16.7. The predicted octanol–water partition coefficient (Wildman–Crippen LogP) is 9.59.